The molecule has 0 radical (unpaired) electrons. The number of fused-ring (bicyclic) bond motifs is 1. The number of halogens is 1. The maximum absolute atomic E-state index is 13.4. The molecule has 0 saturated carbocycles. The fourth-order valence-corrected chi connectivity index (χ4v) is 5.92. The summed E-state index contributed by atoms with van der Waals surface area (Å²) in [5.74, 6) is -0.582. The van der Waals surface area contributed by atoms with E-state index in [-0.39, 0.29) is 22.3 Å². The van der Waals surface area contributed by atoms with Gasteiger partial charge in [-0.2, -0.15) is 4.31 Å². The van der Waals surface area contributed by atoms with Crippen LogP contribution in [-0.2, 0) is 10.0 Å². The Balaban J connectivity index is 1.88. The molecule has 31 heavy (non-hydrogen) atoms. The second kappa shape index (κ2) is 9.42. The Bertz CT molecular complexity index is 1180. The lowest BCUT2D eigenvalue weighted by atomic mass is 10.2. The van der Waals surface area contributed by atoms with Crippen molar-refractivity contribution in [1.82, 2.24) is 9.29 Å². The van der Waals surface area contributed by atoms with Crippen molar-refractivity contribution in [3.63, 3.8) is 0 Å². The van der Waals surface area contributed by atoms with Gasteiger partial charge in [-0.05, 0) is 48.2 Å². The first-order valence-electron chi connectivity index (χ1n) is 10.0. The van der Waals surface area contributed by atoms with E-state index in [9.17, 15) is 17.6 Å². The molecular weight excluding hydrogens is 437 g/mol. The molecule has 0 saturated heterocycles. The van der Waals surface area contributed by atoms with E-state index in [1.54, 1.807) is 18.2 Å². The van der Waals surface area contributed by atoms with E-state index >= 15 is 0 Å². The van der Waals surface area contributed by atoms with Crippen LogP contribution in [0.3, 0.4) is 0 Å². The molecule has 0 unspecified atom stereocenters. The number of amides is 1. The summed E-state index contributed by atoms with van der Waals surface area (Å²) in [6, 6.07) is 10.1. The van der Waals surface area contributed by atoms with Gasteiger partial charge in [0.05, 0.1) is 15.1 Å². The zero-order valence-electron chi connectivity index (χ0n) is 17.9. The molecule has 0 aliphatic rings. The van der Waals surface area contributed by atoms with Crippen molar-refractivity contribution in [3.8, 4) is 0 Å². The minimum atomic E-state index is -3.66. The Morgan fingerprint density at radius 1 is 1.10 bits per heavy atom. The lowest BCUT2D eigenvalue weighted by molar-refractivity contribution is 0.102. The van der Waals surface area contributed by atoms with Gasteiger partial charge in [0.25, 0.3) is 5.91 Å². The van der Waals surface area contributed by atoms with Crippen LogP contribution in [-0.4, -0.2) is 36.7 Å². The van der Waals surface area contributed by atoms with E-state index < -0.39 is 21.7 Å². The van der Waals surface area contributed by atoms with Gasteiger partial charge in [0.1, 0.15) is 5.82 Å². The van der Waals surface area contributed by atoms with Crippen molar-refractivity contribution < 1.29 is 17.6 Å². The normalized spacial score (nSPS) is 12.3. The van der Waals surface area contributed by atoms with Crippen LogP contribution < -0.4 is 5.32 Å². The molecule has 0 atom stereocenters. The topological polar surface area (TPSA) is 79.4 Å². The number of anilines is 1. The van der Waals surface area contributed by atoms with Gasteiger partial charge in [0.15, 0.2) is 5.13 Å². The maximum Gasteiger partial charge on any atom is 0.257 e. The van der Waals surface area contributed by atoms with Crippen molar-refractivity contribution >= 4 is 42.6 Å². The lowest BCUT2D eigenvalue weighted by Crippen LogP contribution is -2.37. The summed E-state index contributed by atoms with van der Waals surface area (Å²) in [5.41, 5.74) is 0.762. The minimum Gasteiger partial charge on any atom is -0.298 e. The third-order valence-electron chi connectivity index (χ3n) is 4.44. The Morgan fingerprint density at radius 3 is 2.39 bits per heavy atom. The molecule has 6 nitrogen and oxygen atoms in total. The summed E-state index contributed by atoms with van der Waals surface area (Å²) in [5, 5.41) is 2.97. The number of benzene rings is 2. The van der Waals surface area contributed by atoms with Crippen molar-refractivity contribution in [2.24, 2.45) is 11.8 Å². The number of hydrogen-bond donors (Lipinski definition) is 1. The number of rotatable bonds is 8. The number of nitrogens with one attached hydrogen (secondary N) is 1. The highest BCUT2D eigenvalue weighted by atomic mass is 32.2. The van der Waals surface area contributed by atoms with Crippen LogP contribution in [0.25, 0.3) is 10.2 Å². The highest BCUT2D eigenvalue weighted by Gasteiger charge is 2.26. The number of carbonyl (C=O) groups excluding carboxylic acids is 1. The standard InChI is InChI=1S/C22H26FN3O3S2/c1-14(2)12-26(13-15(3)4)31(28,29)18-8-9-19-20(11-18)30-22(24-19)25-21(27)16-6-5-7-17(23)10-16/h5-11,14-15H,12-13H2,1-4H3,(H,24,25,27). The first-order chi connectivity index (χ1) is 14.6. The van der Waals surface area contributed by atoms with E-state index in [0.717, 1.165) is 6.07 Å². The molecule has 1 aromatic heterocycles. The summed E-state index contributed by atoms with van der Waals surface area (Å²) in [7, 11) is -3.66. The summed E-state index contributed by atoms with van der Waals surface area (Å²) in [6.07, 6.45) is 0. The molecule has 3 aromatic rings. The number of thiazole rings is 1. The van der Waals surface area contributed by atoms with Crippen molar-refractivity contribution in [2.45, 2.75) is 32.6 Å². The van der Waals surface area contributed by atoms with Crippen molar-refractivity contribution in [3.05, 3.63) is 53.8 Å². The molecule has 2 aromatic carbocycles. The SMILES string of the molecule is CC(C)CN(CC(C)C)S(=O)(=O)c1ccc2nc(NC(=O)c3cccc(F)c3)sc2c1. The van der Waals surface area contributed by atoms with Crippen LogP contribution in [0.15, 0.2) is 47.4 Å². The summed E-state index contributed by atoms with van der Waals surface area (Å²) in [6.45, 7) is 8.84. The monoisotopic (exact) mass is 463 g/mol. The number of nitrogens with zero attached hydrogens (tertiary/aromatic N) is 2. The molecule has 0 aliphatic carbocycles. The van der Waals surface area contributed by atoms with Crippen LogP contribution in [0.4, 0.5) is 9.52 Å². The van der Waals surface area contributed by atoms with Crippen LogP contribution in [0, 0.1) is 17.7 Å². The molecule has 9 heteroatoms. The van der Waals surface area contributed by atoms with Crippen molar-refractivity contribution in [1.29, 1.82) is 0 Å². The second-order valence-electron chi connectivity index (χ2n) is 8.22. The first kappa shape index (κ1) is 23.3. The van der Waals surface area contributed by atoms with E-state index in [4.69, 9.17) is 0 Å². The van der Waals surface area contributed by atoms with Gasteiger partial charge in [0.2, 0.25) is 10.0 Å². The highest BCUT2D eigenvalue weighted by Crippen LogP contribution is 2.30. The summed E-state index contributed by atoms with van der Waals surface area (Å²) >= 11 is 1.17. The largest absolute Gasteiger partial charge is 0.298 e. The average Bonchev–Trinajstić information content (AvgIpc) is 3.08. The number of carbonyl (C=O) groups is 1. The lowest BCUT2D eigenvalue weighted by Gasteiger charge is -2.25. The minimum absolute atomic E-state index is 0.181. The highest BCUT2D eigenvalue weighted by molar-refractivity contribution is 7.89. The summed E-state index contributed by atoms with van der Waals surface area (Å²) < 4.78 is 42.0. The zero-order chi connectivity index (χ0) is 22.8. The van der Waals surface area contributed by atoms with Gasteiger partial charge < -0.3 is 0 Å². The third kappa shape index (κ3) is 5.66. The van der Waals surface area contributed by atoms with Gasteiger partial charge in [-0.25, -0.2) is 17.8 Å². The molecule has 1 amide bonds. The molecule has 166 valence electrons. The molecule has 0 aliphatic heterocycles. The van der Waals surface area contributed by atoms with Gasteiger partial charge >= 0.3 is 0 Å². The quantitative estimate of drug-likeness (QED) is 0.510. The van der Waals surface area contributed by atoms with Crippen LogP contribution >= 0.6 is 11.3 Å². The van der Waals surface area contributed by atoms with E-state index in [1.165, 1.54) is 33.8 Å². The first-order valence-corrected chi connectivity index (χ1v) is 12.3. The Morgan fingerprint density at radius 2 is 1.77 bits per heavy atom. The number of hydrogen-bond acceptors (Lipinski definition) is 5. The predicted molar refractivity (Wildman–Crippen MR) is 122 cm³/mol. The molecular formula is C22H26FN3O3S2. The zero-order valence-corrected chi connectivity index (χ0v) is 19.6. The molecule has 0 spiro atoms. The molecule has 1 N–H and O–H groups in total. The average molecular weight is 464 g/mol. The molecule has 1 heterocycles. The van der Waals surface area contributed by atoms with Crippen LogP contribution in [0.1, 0.15) is 38.1 Å². The van der Waals surface area contributed by atoms with Crippen LogP contribution in [0.2, 0.25) is 0 Å². The predicted octanol–water partition coefficient (Wildman–Crippen LogP) is 4.99. The Labute approximate surface area is 186 Å². The Kier molecular flexibility index (Phi) is 7.08. The molecule has 0 bridgehead atoms. The van der Waals surface area contributed by atoms with Gasteiger partial charge in [0, 0.05) is 18.7 Å². The fraction of sp³-hybridized carbons (Fsp3) is 0.364. The van der Waals surface area contributed by atoms with Crippen molar-refractivity contribution in [2.75, 3.05) is 18.4 Å². The van der Waals surface area contributed by atoms with Gasteiger partial charge in [-0.3, -0.25) is 10.1 Å². The van der Waals surface area contributed by atoms with Gasteiger partial charge in [-0.15, -0.1) is 0 Å². The fourth-order valence-electron chi connectivity index (χ4n) is 3.15. The second-order valence-corrected chi connectivity index (χ2v) is 11.2. The summed E-state index contributed by atoms with van der Waals surface area (Å²) in [4.78, 5) is 16.9. The molecule has 3 rings (SSSR count). The van der Waals surface area contributed by atoms with Gasteiger partial charge in [-0.1, -0.05) is 45.1 Å². The number of aromatic nitrogens is 1. The third-order valence-corrected chi connectivity index (χ3v) is 7.20. The van der Waals surface area contributed by atoms with E-state index in [2.05, 4.69) is 10.3 Å². The van der Waals surface area contributed by atoms with Crippen LogP contribution in [0.5, 0.6) is 0 Å². The smallest absolute Gasteiger partial charge is 0.257 e. The number of sulfonamides is 1. The van der Waals surface area contributed by atoms with E-state index in [0.29, 0.717) is 28.4 Å². The van der Waals surface area contributed by atoms with E-state index in [1.807, 2.05) is 27.7 Å². The maximum atomic E-state index is 13.4. The molecule has 0 fully saturated rings. The Hall–Kier alpha value is -2.36.